The monoisotopic (exact) mass is 1120 g/mol. The Balaban J connectivity index is 1.64. The molecular formula is C54H87N9O14S. The molecule has 9 amide bonds. The minimum absolute atomic E-state index is 0.0434. The third-order valence-electron chi connectivity index (χ3n) is 14.9. The minimum Gasteiger partial charge on any atom is -0.480 e. The third-order valence-corrected chi connectivity index (χ3v) is 16.2. The van der Waals surface area contributed by atoms with E-state index >= 15 is 0 Å². The Morgan fingerprint density at radius 2 is 1.53 bits per heavy atom. The number of rotatable bonds is 34. The number of aliphatic carboxylic acids is 1. The van der Waals surface area contributed by atoms with Crippen molar-refractivity contribution in [1.29, 1.82) is 0 Å². The van der Waals surface area contributed by atoms with E-state index in [0.717, 1.165) is 22.2 Å². The molecule has 0 bridgehead atoms. The summed E-state index contributed by atoms with van der Waals surface area (Å²) in [4.78, 5) is 142. The van der Waals surface area contributed by atoms with Crippen molar-refractivity contribution in [2.75, 3.05) is 53.8 Å². The number of amides is 9. The van der Waals surface area contributed by atoms with Gasteiger partial charge in [-0.15, -0.1) is 11.8 Å². The first-order chi connectivity index (χ1) is 36.8. The van der Waals surface area contributed by atoms with E-state index in [1.165, 1.54) is 19.1 Å². The zero-order valence-corrected chi connectivity index (χ0v) is 48.2. The normalized spacial score (nSPS) is 19.1. The number of hydrogen-bond donors (Lipinski definition) is 6. The average Bonchev–Trinajstić information content (AvgIpc) is 3.98. The number of nitrogens with zero attached hydrogens (tertiary/aromatic N) is 4. The molecule has 2 fully saturated rings. The summed E-state index contributed by atoms with van der Waals surface area (Å²) in [6.45, 7) is 12.8. The van der Waals surface area contributed by atoms with E-state index in [1.807, 2.05) is 33.8 Å². The summed E-state index contributed by atoms with van der Waals surface area (Å²) >= 11 is 1.03. The zero-order valence-electron chi connectivity index (χ0n) is 47.4. The number of likely N-dealkylation sites (N-methyl/N-ethyl adjacent to an activating group) is 2. The summed E-state index contributed by atoms with van der Waals surface area (Å²) in [6, 6.07) is 3.61. The molecule has 2 heterocycles. The molecule has 2 saturated heterocycles. The second kappa shape index (κ2) is 32.4. The fourth-order valence-corrected chi connectivity index (χ4v) is 11.6. The van der Waals surface area contributed by atoms with Gasteiger partial charge < -0.3 is 51.0 Å². The van der Waals surface area contributed by atoms with Crippen molar-refractivity contribution in [1.82, 2.24) is 35.6 Å². The molecule has 0 aliphatic carbocycles. The summed E-state index contributed by atoms with van der Waals surface area (Å²) < 4.78 is 11.9. The molecule has 1 aromatic rings. The van der Waals surface area contributed by atoms with Crippen LogP contribution in [0, 0.1) is 23.7 Å². The molecule has 23 nitrogen and oxygen atoms in total. The number of unbranched alkanes of at least 4 members (excludes halogenated alkanes) is 2. The van der Waals surface area contributed by atoms with E-state index in [9.17, 15) is 53.1 Å². The molecule has 0 spiro atoms. The number of carboxylic acids is 1. The van der Waals surface area contributed by atoms with Crippen LogP contribution in [0.2, 0.25) is 0 Å². The predicted molar refractivity (Wildman–Crippen MR) is 291 cm³/mol. The van der Waals surface area contributed by atoms with Crippen LogP contribution >= 0.6 is 11.8 Å². The van der Waals surface area contributed by atoms with Gasteiger partial charge in [0.2, 0.25) is 53.2 Å². The van der Waals surface area contributed by atoms with Crippen molar-refractivity contribution in [3.63, 3.8) is 0 Å². The lowest BCUT2D eigenvalue weighted by Crippen LogP contribution is -2.60. The molecule has 3 rings (SSSR count). The molecule has 0 saturated carbocycles. The van der Waals surface area contributed by atoms with Crippen LogP contribution < -0.4 is 27.6 Å². The molecule has 2 aliphatic heterocycles. The standard InChI is InChI=1S/C54H87N9O14S/c1-12-33(6)47(39(75-10)27-43(66)62-25-19-22-38(62)48(76-11)34(7)50(69)58-36(54(73)74)26-35-20-15-13-16-21-35)61(9)53(72)45(31(2)3)59-51(70)46(32(4)5)60(8)42(65)23-17-14-18-24-63-44(67)28-40(52(63)71)78-30-37(49(55)68)57-41(64)29-77-56/h13,15-16,20-21,31-34,36-40,45-48H,12,14,17-19,22-30,56H2,1-11H3,(H2,55,68)(H,57,64)(H,58,69)(H,59,70)(H,73,74)/t33-,34+,36?,37?,38-,39+,40?,45+,46-,47-,48+/m0/s1. The fourth-order valence-electron chi connectivity index (χ4n) is 10.3. The smallest absolute Gasteiger partial charge is 0.326 e. The maximum atomic E-state index is 14.7. The lowest BCUT2D eigenvalue weighted by molar-refractivity contribution is -0.149. The van der Waals surface area contributed by atoms with Crippen LogP contribution in [-0.2, 0) is 68.7 Å². The van der Waals surface area contributed by atoms with Crippen LogP contribution in [-0.4, -0.2) is 191 Å². The SMILES string of the molecule is CC[C@H](C)[C@@H]([C@@H](CC(=O)N1CCC[C@H]1[C@H](OC)[C@@H](C)C(=O)NC(Cc1ccccc1)C(=O)O)OC)N(C)C(=O)[C@H](NC(=O)[C@H](C(C)C)N(C)C(=O)CCCCCN1C(=O)CC(SCC(NC(=O)CON)C(N)=O)C1=O)C(C)C. The lowest BCUT2D eigenvalue weighted by atomic mass is 9.89. The second-order valence-corrected chi connectivity index (χ2v) is 22.4. The number of hydrogen-bond acceptors (Lipinski definition) is 15. The molecule has 24 heteroatoms. The van der Waals surface area contributed by atoms with Crippen molar-refractivity contribution in [3.8, 4) is 0 Å². The topological polar surface area (TPSA) is 320 Å². The highest BCUT2D eigenvalue weighted by atomic mass is 32.2. The summed E-state index contributed by atoms with van der Waals surface area (Å²) in [5.74, 6) is -2.35. The summed E-state index contributed by atoms with van der Waals surface area (Å²) in [5.41, 5.74) is 6.14. The van der Waals surface area contributed by atoms with Gasteiger partial charge in [0.15, 0.2) is 0 Å². The predicted octanol–water partition coefficient (Wildman–Crippen LogP) is 1.62. The molecule has 2 aliphatic rings. The molecule has 1 aromatic carbocycles. The van der Waals surface area contributed by atoms with E-state index in [0.29, 0.717) is 45.1 Å². The number of carboxylic acid groups (broad SMARTS) is 1. The van der Waals surface area contributed by atoms with Crippen molar-refractivity contribution < 1.29 is 67.4 Å². The van der Waals surface area contributed by atoms with Gasteiger partial charge in [0.1, 0.15) is 30.8 Å². The van der Waals surface area contributed by atoms with Crippen molar-refractivity contribution in [2.45, 2.75) is 166 Å². The summed E-state index contributed by atoms with van der Waals surface area (Å²) in [6.07, 6.45) is 1.55. The molecule has 8 N–H and O–H groups in total. The number of methoxy groups -OCH3 is 2. The quantitative estimate of drug-likeness (QED) is 0.0325. The lowest BCUT2D eigenvalue weighted by Gasteiger charge is -2.41. The van der Waals surface area contributed by atoms with Gasteiger partial charge in [-0.1, -0.05) is 91.6 Å². The Kier molecular flexibility index (Phi) is 27.7. The highest BCUT2D eigenvalue weighted by molar-refractivity contribution is 8.00. The van der Waals surface area contributed by atoms with Crippen LogP contribution in [0.25, 0.3) is 0 Å². The first-order valence-corrected chi connectivity index (χ1v) is 28.0. The van der Waals surface area contributed by atoms with Crippen LogP contribution in [0.1, 0.15) is 112 Å². The first-order valence-electron chi connectivity index (χ1n) is 27.0. The van der Waals surface area contributed by atoms with Gasteiger partial charge in [-0.2, -0.15) is 0 Å². The number of likely N-dealkylation sites (tertiary alicyclic amines) is 2. The molecule has 438 valence electrons. The van der Waals surface area contributed by atoms with E-state index in [4.69, 9.17) is 21.1 Å². The van der Waals surface area contributed by atoms with Crippen molar-refractivity contribution in [2.24, 2.45) is 35.3 Å². The van der Waals surface area contributed by atoms with Gasteiger partial charge in [0.05, 0.1) is 41.9 Å². The number of carbonyl (C=O) groups is 10. The van der Waals surface area contributed by atoms with E-state index in [-0.39, 0.29) is 67.5 Å². The number of nitrogens with one attached hydrogen (secondary N) is 3. The van der Waals surface area contributed by atoms with E-state index in [2.05, 4.69) is 20.8 Å². The number of carbonyl (C=O) groups excluding carboxylic acids is 9. The van der Waals surface area contributed by atoms with Gasteiger partial charge in [-0.25, -0.2) is 10.7 Å². The Labute approximate surface area is 463 Å². The van der Waals surface area contributed by atoms with Crippen LogP contribution in [0.5, 0.6) is 0 Å². The minimum atomic E-state index is -1.18. The Morgan fingerprint density at radius 1 is 0.859 bits per heavy atom. The fraction of sp³-hybridized carbons (Fsp3) is 0.704. The van der Waals surface area contributed by atoms with Crippen molar-refractivity contribution in [3.05, 3.63) is 35.9 Å². The molecule has 78 heavy (non-hydrogen) atoms. The Hall–Kier alpha value is -5.69. The Morgan fingerprint density at radius 3 is 2.09 bits per heavy atom. The number of thioether (sulfide) groups is 1. The number of primary amides is 1. The maximum Gasteiger partial charge on any atom is 0.326 e. The molecular weight excluding hydrogens is 1030 g/mol. The van der Waals surface area contributed by atoms with Gasteiger partial charge in [0.25, 0.3) is 0 Å². The molecule has 0 aromatic heterocycles. The van der Waals surface area contributed by atoms with Crippen LogP contribution in [0.4, 0.5) is 0 Å². The summed E-state index contributed by atoms with van der Waals surface area (Å²) in [7, 11) is 6.12. The molecule has 0 radical (unpaired) electrons. The van der Waals surface area contributed by atoms with Crippen molar-refractivity contribution >= 4 is 70.9 Å². The average molecular weight is 1120 g/mol. The second-order valence-electron chi connectivity index (χ2n) is 21.2. The van der Waals surface area contributed by atoms with Crippen LogP contribution in [0.3, 0.4) is 0 Å². The number of benzene rings is 1. The van der Waals surface area contributed by atoms with Gasteiger partial charge >= 0.3 is 5.97 Å². The highest BCUT2D eigenvalue weighted by Gasteiger charge is 2.44. The number of ether oxygens (including phenoxy) is 2. The van der Waals surface area contributed by atoms with Gasteiger partial charge in [0, 0.05) is 66.4 Å². The first kappa shape index (κ1) is 66.6. The van der Waals surface area contributed by atoms with E-state index in [1.54, 1.807) is 68.9 Å². The highest BCUT2D eigenvalue weighted by Crippen LogP contribution is 2.31. The van der Waals surface area contributed by atoms with E-state index < -0.39 is 114 Å². The van der Waals surface area contributed by atoms with Crippen LogP contribution in [0.15, 0.2) is 30.3 Å². The maximum absolute atomic E-state index is 14.7. The Bertz CT molecular complexity index is 2210. The summed E-state index contributed by atoms with van der Waals surface area (Å²) in [5, 5.41) is 17.2. The largest absolute Gasteiger partial charge is 0.480 e. The molecule has 11 atom stereocenters. The number of nitrogens with two attached hydrogens (primary N) is 2. The number of imide groups is 1. The third kappa shape index (κ3) is 18.7. The van der Waals surface area contributed by atoms with Gasteiger partial charge in [-0.05, 0) is 49.0 Å². The molecule has 3 unspecified atom stereocenters. The zero-order chi connectivity index (χ0) is 58.6. The van der Waals surface area contributed by atoms with Gasteiger partial charge in [-0.3, -0.25) is 52.9 Å².